The fraction of sp³-hybridized carbons (Fsp3) is 0.294. The van der Waals surface area contributed by atoms with Gasteiger partial charge in [0.05, 0.1) is 17.9 Å². The molecule has 4 rings (SSSR count). The molecule has 0 amide bonds. The maximum atomic E-state index is 5.43. The van der Waals surface area contributed by atoms with E-state index in [1.165, 1.54) is 5.56 Å². The molecule has 0 radical (unpaired) electrons. The van der Waals surface area contributed by atoms with Gasteiger partial charge in [-0.15, -0.1) is 11.3 Å². The van der Waals surface area contributed by atoms with Gasteiger partial charge in [0.25, 0.3) is 0 Å². The number of hydrogen-bond donors (Lipinski definition) is 0. The van der Waals surface area contributed by atoms with Gasteiger partial charge in [-0.25, -0.2) is 0 Å². The van der Waals surface area contributed by atoms with Crippen LogP contribution in [0.2, 0.25) is 0 Å². The van der Waals surface area contributed by atoms with Crippen LogP contribution in [-0.2, 0) is 6.54 Å². The molecule has 23 heavy (non-hydrogen) atoms. The number of thiophene rings is 1. The summed E-state index contributed by atoms with van der Waals surface area (Å²) in [4.78, 5) is 7.94. The number of rotatable bonds is 5. The maximum Gasteiger partial charge on any atom is 0.232 e. The first kappa shape index (κ1) is 14.4. The Bertz CT molecular complexity index is 779. The van der Waals surface area contributed by atoms with Gasteiger partial charge in [-0.2, -0.15) is 4.98 Å². The molecule has 0 saturated carbocycles. The molecule has 0 bridgehead atoms. The molecule has 1 fully saturated rings. The summed E-state index contributed by atoms with van der Waals surface area (Å²) in [7, 11) is 1.71. The van der Waals surface area contributed by atoms with Gasteiger partial charge in [-0.1, -0.05) is 29.4 Å². The zero-order valence-corrected chi connectivity index (χ0v) is 13.6. The van der Waals surface area contributed by atoms with E-state index in [-0.39, 0.29) is 0 Å². The lowest BCUT2D eigenvalue weighted by Gasteiger charge is -2.37. The van der Waals surface area contributed by atoms with Crippen molar-refractivity contribution in [2.75, 3.05) is 20.2 Å². The van der Waals surface area contributed by atoms with E-state index in [4.69, 9.17) is 9.26 Å². The van der Waals surface area contributed by atoms with Crippen LogP contribution in [0.3, 0.4) is 0 Å². The first-order valence-electron chi connectivity index (χ1n) is 7.55. The maximum absolute atomic E-state index is 5.43. The number of benzene rings is 1. The second-order valence-corrected chi connectivity index (χ2v) is 6.58. The van der Waals surface area contributed by atoms with Gasteiger partial charge in [-0.05, 0) is 17.5 Å². The van der Waals surface area contributed by atoms with Crippen molar-refractivity contribution in [2.24, 2.45) is 0 Å². The van der Waals surface area contributed by atoms with Crippen LogP contribution in [0.4, 0.5) is 0 Å². The summed E-state index contributed by atoms with van der Waals surface area (Å²) < 4.78 is 10.8. The van der Waals surface area contributed by atoms with Crippen molar-refractivity contribution in [2.45, 2.75) is 12.5 Å². The highest BCUT2D eigenvalue weighted by atomic mass is 32.1. The van der Waals surface area contributed by atoms with Gasteiger partial charge in [0, 0.05) is 25.2 Å². The summed E-state index contributed by atoms with van der Waals surface area (Å²) in [6, 6.07) is 12.1. The third kappa shape index (κ3) is 2.87. The Morgan fingerprint density at radius 2 is 2.13 bits per heavy atom. The van der Waals surface area contributed by atoms with Crippen LogP contribution in [0, 0.1) is 0 Å². The molecular formula is C17H17N3O2S. The second-order valence-electron chi connectivity index (χ2n) is 5.64. The Hall–Kier alpha value is -2.18. The molecule has 0 unspecified atom stereocenters. The molecule has 0 atom stereocenters. The van der Waals surface area contributed by atoms with Crippen LogP contribution in [0.15, 0.2) is 46.3 Å². The first-order valence-corrected chi connectivity index (χ1v) is 8.43. The molecule has 1 aliphatic heterocycles. The Morgan fingerprint density at radius 1 is 1.26 bits per heavy atom. The molecule has 6 heteroatoms. The lowest BCUT2D eigenvalue weighted by molar-refractivity contribution is 0.116. The van der Waals surface area contributed by atoms with Gasteiger partial charge in [-0.3, -0.25) is 4.90 Å². The van der Waals surface area contributed by atoms with E-state index in [1.807, 2.05) is 35.7 Å². The molecule has 0 N–H and O–H groups in total. The van der Waals surface area contributed by atoms with E-state index in [0.29, 0.717) is 11.7 Å². The number of hydrogen-bond acceptors (Lipinski definition) is 6. The Labute approximate surface area is 138 Å². The molecule has 2 aromatic heterocycles. The van der Waals surface area contributed by atoms with Crippen LogP contribution in [0.5, 0.6) is 5.75 Å². The lowest BCUT2D eigenvalue weighted by Crippen LogP contribution is -2.44. The van der Waals surface area contributed by atoms with Gasteiger partial charge in [0.15, 0.2) is 0 Å². The summed E-state index contributed by atoms with van der Waals surface area (Å²) >= 11 is 1.62. The van der Waals surface area contributed by atoms with Crippen molar-refractivity contribution in [1.29, 1.82) is 0 Å². The number of likely N-dealkylation sites (tertiary alicyclic amines) is 1. The van der Waals surface area contributed by atoms with Crippen LogP contribution in [0.1, 0.15) is 17.4 Å². The summed E-state index contributed by atoms with van der Waals surface area (Å²) in [5.41, 5.74) is 1.21. The molecular weight excluding hydrogens is 310 g/mol. The molecule has 0 aliphatic carbocycles. The predicted octanol–water partition coefficient (Wildman–Crippen LogP) is 3.41. The standard InChI is InChI=1S/C17H17N3O2S/c1-21-14-6-3-2-5-12(14)9-20-10-13(11-20)17-18-16(19-22-17)15-7-4-8-23-15/h2-8,13H,9-11H2,1H3. The largest absolute Gasteiger partial charge is 0.496 e. The zero-order valence-electron chi connectivity index (χ0n) is 12.8. The summed E-state index contributed by atoms with van der Waals surface area (Å²) in [5, 5.41) is 6.10. The van der Waals surface area contributed by atoms with Crippen LogP contribution < -0.4 is 4.74 Å². The van der Waals surface area contributed by atoms with Crippen molar-refractivity contribution in [3.63, 3.8) is 0 Å². The van der Waals surface area contributed by atoms with Crippen molar-refractivity contribution < 1.29 is 9.26 Å². The SMILES string of the molecule is COc1ccccc1CN1CC(c2nc(-c3cccs3)no2)C1. The number of nitrogens with zero attached hydrogens (tertiary/aromatic N) is 3. The number of methoxy groups -OCH3 is 1. The minimum Gasteiger partial charge on any atom is -0.496 e. The number of para-hydroxylation sites is 1. The van der Waals surface area contributed by atoms with Crippen LogP contribution in [-0.4, -0.2) is 35.2 Å². The third-order valence-corrected chi connectivity index (χ3v) is 4.94. The smallest absolute Gasteiger partial charge is 0.232 e. The van der Waals surface area contributed by atoms with Crippen molar-refractivity contribution >= 4 is 11.3 Å². The van der Waals surface area contributed by atoms with Crippen molar-refractivity contribution in [1.82, 2.24) is 15.0 Å². The van der Waals surface area contributed by atoms with E-state index in [1.54, 1.807) is 18.4 Å². The van der Waals surface area contributed by atoms with E-state index in [9.17, 15) is 0 Å². The van der Waals surface area contributed by atoms with Gasteiger partial charge in [0.2, 0.25) is 11.7 Å². The molecule has 1 aliphatic rings. The monoisotopic (exact) mass is 327 g/mol. The Balaban J connectivity index is 1.38. The normalized spacial score (nSPS) is 15.5. The predicted molar refractivity (Wildman–Crippen MR) is 88.6 cm³/mol. The van der Waals surface area contributed by atoms with Gasteiger partial charge in [0.1, 0.15) is 5.75 Å². The molecule has 118 valence electrons. The highest BCUT2D eigenvalue weighted by Crippen LogP contribution is 2.31. The topological polar surface area (TPSA) is 51.4 Å². The van der Waals surface area contributed by atoms with Gasteiger partial charge < -0.3 is 9.26 Å². The summed E-state index contributed by atoms with van der Waals surface area (Å²) in [5.74, 6) is 2.70. The number of aromatic nitrogens is 2. The first-order chi connectivity index (χ1) is 11.3. The van der Waals surface area contributed by atoms with Crippen molar-refractivity contribution in [3.8, 4) is 16.5 Å². The summed E-state index contributed by atoms with van der Waals surface area (Å²) in [6.45, 7) is 2.75. The molecule has 0 spiro atoms. The Morgan fingerprint density at radius 3 is 2.91 bits per heavy atom. The fourth-order valence-electron chi connectivity index (χ4n) is 2.84. The van der Waals surface area contributed by atoms with Crippen LogP contribution in [0.25, 0.3) is 10.7 Å². The number of ether oxygens (including phenoxy) is 1. The minimum absolute atomic E-state index is 0.325. The summed E-state index contributed by atoms with van der Waals surface area (Å²) in [6.07, 6.45) is 0. The molecule has 1 saturated heterocycles. The second kappa shape index (κ2) is 6.14. The quantitative estimate of drug-likeness (QED) is 0.719. The average Bonchev–Trinajstić information content (AvgIpc) is 3.21. The van der Waals surface area contributed by atoms with Crippen molar-refractivity contribution in [3.05, 3.63) is 53.2 Å². The zero-order chi connectivity index (χ0) is 15.6. The Kier molecular flexibility index (Phi) is 3.85. The van der Waals surface area contributed by atoms with E-state index in [0.717, 1.165) is 36.2 Å². The third-order valence-electron chi connectivity index (χ3n) is 4.08. The average molecular weight is 327 g/mol. The minimum atomic E-state index is 0.325. The molecule has 5 nitrogen and oxygen atoms in total. The van der Waals surface area contributed by atoms with E-state index >= 15 is 0 Å². The highest BCUT2D eigenvalue weighted by Gasteiger charge is 2.33. The van der Waals surface area contributed by atoms with Crippen LogP contribution >= 0.6 is 11.3 Å². The van der Waals surface area contributed by atoms with E-state index in [2.05, 4.69) is 21.1 Å². The van der Waals surface area contributed by atoms with Gasteiger partial charge >= 0.3 is 0 Å². The highest BCUT2D eigenvalue weighted by molar-refractivity contribution is 7.13. The fourth-order valence-corrected chi connectivity index (χ4v) is 3.49. The van der Waals surface area contributed by atoms with E-state index < -0.39 is 0 Å². The molecule has 3 aromatic rings. The molecule has 1 aromatic carbocycles. The molecule has 3 heterocycles. The lowest BCUT2D eigenvalue weighted by atomic mass is 9.99.